The summed E-state index contributed by atoms with van der Waals surface area (Å²) in [6.07, 6.45) is 0.467. The van der Waals surface area contributed by atoms with E-state index in [-0.39, 0.29) is 11.8 Å². The summed E-state index contributed by atoms with van der Waals surface area (Å²) in [6, 6.07) is 7.96. The average molecular weight is 263 g/mol. The Bertz CT molecular complexity index is 385. The van der Waals surface area contributed by atoms with Crippen LogP contribution in [0.1, 0.15) is 27.2 Å². The van der Waals surface area contributed by atoms with Gasteiger partial charge in [0.1, 0.15) is 0 Å². The van der Waals surface area contributed by atoms with Crippen molar-refractivity contribution in [3.8, 4) is 0 Å². The summed E-state index contributed by atoms with van der Waals surface area (Å²) in [6.45, 7) is 8.74. The molecule has 1 aromatic rings. The van der Waals surface area contributed by atoms with Crippen molar-refractivity contribution in [2.24, 2.45) is 11.7 Å². The minimum Gasteiger partial charge on any atom is -0.372 e. The molecule has 0 aliphatic carbocycles. The topological polar surface area (TPSA) is 58.4 Å². The van der Waals surface area contributed by atoms with Gasteiger partial charge in [-0.1, -0.05) is 6.92 Å². The van der Waals surface area contributed by atoms with E-state index in [4.69, 9.17) is 5.73 Å². The number of hydrogen-bond acceptors (Lipinski definition) is 3. The van der Waals surface area contributed by atoms with Crippen LogP contribution in [0.3, 0.4) is 0 Å². The van der Waals surface area contributed by atoms with Gasteiger partial charge < -0.3 is 16.0 Å². The average Bonchev–Trinajstić information content (AvgIpc) is 2.41. The van der Waals surface area contributed by atoms with Gasteiger partial charge in [-0.05, 0) is 50.6 Å². The smallest absolute Gasteiger partial charge is 0.224 e. The van der Waals surface area contributed by atoms with Gasteiger partial charge in [0.2, 0.25) is 5.91 Å². The Morgan fingerprint density at radius 1 is 1.26 bits per heavy atom. The van der Waals surface area contributed by atoms with Crippen molar-refractivity contribution in [1.82, 2.24) is 0 Å². The maximum Gasteiger partial charge on any atom is 0.224 e. The molecule has 1 rings (SSSR count). The highest BCUT2D eigenvalue weighted by Gasteiger charge is 2.08. The molecule has 1 amide bonds. The fourth-order valence-electron chi connectivity index (χ4n) is 1.96. The molecule has 0 aliphatic rings. The predicted molar refractivity (Wildman–Crippen MR) is 81.5 cm³/mol. The lowest BCUT2D eigenvalue weighted by Gasteiger charge is -2.21. The van der Waals surface area contributed by atoms with Crippen molar-refractivity contribution in [3.63, 3.8) is 0 Å². The van der Waals surface area contributed by atoms with Gasteiger partial charge in [-0.25, -0.2) is 0 Å². The van der Waals surface area contributed by atoms with Crippen LogP contribution in [-0.2, 0) is 4.79 Å². The molecule has 0 aliphatic heterocycles. The van der Waals surface area contributed by atoms with Gasteiger partial charge in [-0.3, -0.25) is 4.79 Å². The van der Waals surface area contributed by atoms with Crippen molar-refractivity contribution in [1.29, 1.82) is 0 Å². The van der Waals surface area contributed by atoms with Crippen molar-refractivity contribution < 1.29 is 4.79 Å². The molecule has 106 valence electrons. The number of hydrogen-bond donors (Lipinski definition) is 2. The summed E-state index contributed by atoms with van der Waals surface area (Å²) in [7, 11) is 0. The first-order valence-electron chi connectivity index (χ1n) is 6.95. The van der Waals surface area contributed by atoms with Gasteiger partial charge in [0.25, 0.3) is 0 Å². The molecule has 3 N–H and O–H groups in total. The van der Waals surface area contributed by atoms with Crippen molar-refractivity contribution in [3.05, 3.63) is 24.3 Å². The third kappa shape index (κ3) is 4.91. The molecule has 4 heteroatoms. The Morgan fingerprint density at radius 2 is 1.84 bits per heavy atom. The van der Waals surface area contributed by atoms with Crippen LogP contribution in [0.2, 0.25) is 0 Å². The monoisotopic (exact) mass is 263 g/mol. The molecule has 0 fully saturated rings. The van der Waals surface area contributed by atoms with E-state index in [0.717, 1.165) is 18.8 Å². The van der Waals surface area contributed by atoms with Gasteiger partial charge in [0.05, 0.1) is 0 Å². The second-order valence-electron chi connectivity index (χ2n) is 4.81. The highest BCUT2D eigenvalue weighted by atomic mass is 16.1. The van der Waals surface area contributed by atoms with Crippen molar-refractivity contribution >= 4 is 17.3 Å². The van der Waals surface area contributed by atoms with Gasteiger partial charge in [0, 0.05) is 30.9 Å². The van der Waals surface area contributed by atoms with E-state index in [1.165, 1.54) is 5.69 Å². The summed E-state index contributed by atoms with van der Waals surface area (Å²) in [4.78, 5) is 14.0. The molecule has 0 spiro atoms. The Kier molecular flexibility index (Phi) is 6.36. The first-order chi connectivity index (χ1) is 9.10. The Morgan fingerprint density at radius 3 is 2.32 bits per heavy atom. The molecule has 0 radical (unpaired) electrons. The van der Waals surface area contributed by atoms with Crippen LogP contribution in [-0.4, -0.2) is 25.5 Å². The van der Waals surface area contributed by atoms with Gasteiger partial charge in [0.15, 0.2) is 0 Å². The summed E-state index contributed by atoms with van der Waals surface area (Å²) >= 11 is 0. The normalized spacial score (nSPS) is 12.0. The van der Waals surface area contributed by atoms with Crippen LogP contribution in [0.4, 0.5) is 11.4 Å². The number of carbonyl (C=O) groups is 1. The Labute approximate surface area is 116 Å². The van der Waals surface area contributed by atoms with Gasteiger partial charge >= 0.3 is 0 Å². The number of amides is 1. The van der Waals surface area contributed by atoms with Crippen LogP contribution >= 0.6 is 0 Å². The third-order valence-corrected chi connectivity index (χ3v) is 3.22. The van der Waals surface area contributed by atoms with E-state index in [0.29, 0.717) is 13.0 Å². The van der Waals surface area contributed by atoms with E-state index < -0.39 is 0 Å². The highest BCUT2D eigenvalue weighted by molar-refractivity contribution is 5.91. The molecule has 4 nitrogen and oxygen atoms in total. The van der Waals surface area contributed by atoms with E-state index >= 15 is 0 Å². The van der Waals surface area contributed by atoms with E-state index in [9.17, 15) is 4.79 Å². The molecular weight excluding hydrogens is 238 g/mol. The maximum absolute atomic E-state index is 11.7. The van der Waals surface area contributed by atoms with Crippen LogP contribution in [0.25, 0.3) is 0 Å². The lowest BCUT2D eigenvalue weighted by atomic mass is 10.1. The molecule has 1 aromatic carbocycles. The Hall–Kier alpha value is -1.55. The maximum atomic E-state index is 11.7. The Balaban J connectivity index is 2.59. The molecular formula is C15H25N3O. The summed E-state index contributed by atoms with van der Waals surface area (Å²) in [5.41, 5.74) is 7.53. The van der Waals surface area contributed by atoms with Gasteiger partial charge in [-0.15, -0.1) is 0 Å². The number of nitrogens with zero attached hydrogens (tertiary/aromatic N) is 1. The number of nitrogens with two attached hydrogens (primary N) is 1. The van der Waals surface area contributed by atoms with Gasteiger partial charge in [-0.2, -0.15) is 0 Å². The molecule has 0 saturated heterocycles. The summed E-state index contributed by atoms with van der Waals surface area (Å²) in [5, 5.41) is 2.90. The van der Waals surface area contributed by atoms with Crippen LogP contribution in [0.5, 0.6) is 0 Å². The summed E-state index contributed by atoms with van der Waals surface area (Å²) < 4.78 is 0. The zero-order valence-corrected chi connectivity index (χ0v) is 12.1. The second-order valence-corrected chi connectivity index (χ2v) is 4.81. The fourth-order valence-corrected chi connectivity index (χ4v) is 1.96. The molecule has 0 saturated carbocycles. The lowest BCUT2D eigenvalue weighted by molar-refractivity contribution is -0.116. The highest BCUT2D eigenvalue weighted by Crippen LogP contribution is 2.18. The minimum absolute atomic E-state index is 0.0218. The standard InChI is InChI=1S/C15H25N3O/c1-4-18(5-2)14-8-6-13(7-9-14)17-15(19)10-12(3)11-16/h6-9,12H,4-5,10-11,16H2,1-3H3,(H,17,19). The van der Waals surface area contributed by atoms with Crippen molar-refractivity contribution in [2.75, 3.05) is 29.9 Å². The molecule has 1 unspecified atom stereocenters. The first kappa shape index (κ1) is 15.5. The lowest BCUT2D eigenvalue weighted by Crippen LogP contribution is -2.22. The number of anilines is 2. The van der Waals surface area contributed by atoms with Crippen molar-refractivity contribution in [2.45, 2.75) is 27.2 Å². The molecule has 1 atom stereocenters. The zero-order chi connectivity index (χ0) is 14.3. The molecule has 19 heavy (non-hydrogen) atoms. The summed E-state index contributed by atoms with van der Waals surface area (Å²) in [5.74, 6) is 0.239. The first-order valence-corrected chi connectivity index (χ1v) is 6.95. The van der Waals surface area contributed by atoms with E-state index in [1.54, 1.807) is 0 Å². The number of carbonyl (C=O) groups excluding carboxylic acids is 1. The molecule has 0 heterocycles. The quantitative estimate of drug-likeness (QED) is 0.794. The second kappa shape index (κ2) is 7.79. The largest absolute Gasteiger partial charge is 0.372 e. The minimum atomic E-state index is 0.0218. The van der Waals surface area contributed by atoms with Crippen LogP contribution in [0, 0.1) is 5.92 Å². The predicted octanol–water partition coefficient (Wildman–Crippen LogP) is 2.46. The number of benzene rings is 1. The number of rotatable bonds is 7. The molecule has 0 bridgehead atoms. The number of nitrogens with one attached hydrogen (secondary N) is 1. The third-order valence-electron chi connectivity index (χ3n) is 3.22. The fraction of sp³-hybridized carbons (Fsp3) is 0.533. The SMILES string of the molecule is CCN(CC)c1ccc(NC(=O)CC(C)CN)cc1. The van der Waals surface area contributed by atoms with E-state index in [2.05, 4.69) is 24.1 Å². The van der Waals surface area contributed by atoms with Crippen LogP contribution < -0.4 is 16.0 Å². The van der Waals surface area contributed by atoms with E-state index in [1.807, 2.05) is 31.2 Å². The van der Waals surface area contributed by atoms with Crippen LogP contribution in [0.15, 0.2) is 24.3 Å². The zero-order valence-electron chi connectivity index (χ0n) is 12.1. The molecule has 0 aromatic heterocycles.